The Morgan fingerprint density at radius 3 is 2.01 bits per heavy atom. The lowest BCUT2D eigenvalue weighted by atomic mass is 9.73. The molecule has 3 aromatic carbocycles. The number of carbonyl (C=O) groups is 4. The van der Waals surface area contributed by atoms with Crippen molar-refractivity contribution in [1.29, 1.82) is 0 Å². The van der Waals surface area contributed by atoms with Crippen molar-refractivity contribution in [2.75, 3.05) is 71.7 Å². The number of nitrogens with one attached hydrogen (secondary N) is 4. The summed E-state index contributed by atoms with van der Waals surface area (Å²) < 4.78 is 34.3. The highest BCUT2D eigenvalue weighted by Crippen LogP contribution is 2.44. The lowest BCUT2D eigenvalue weighted by molar-refractivity contribution is -0.127. The van der Waals surface area contributed by atoms with Crippen molar-refractivity contribution >= 4 is 40.7 Å². The summed E-state index contributed by atoms with van der Waals surface area (Å²) in [7, 11) is 0. The van der Waals surface area contributed by atoms with E-state index in [0.717, 1.165) is 33.4 Å². The number of nitrogens with zero attached hydrogens (tertiary/aromatic N) is 3. The van der Waals surface area contributed by atoms with Gasteiger partial charge in [0.2, 0.25) is 17.7 Å². The Bertz CT molecular complexity index is 2530. The zero-order valence-electron chi connectivity index (χ0n) is 40.2. The number of H-pyrrole nitrogens is 1. The minimum absolute atomic E-state index is 0.106. The van der Waals surface area contributed by atoms with E-state index < -0.39 is 12.1 Å². The van der Waals surface area contributed by atoms with Crippen molar-refractivity contribution < 1.29 is 47.6 Å². The summed E-state index contributed by atoms with van der Waals surface area (Å²) in [6.07, 6.45) is 3.04. The van der Waals surface area contributed by atoms with Crippen molar-refractivity contribution in [2.24, 2.45) is 5.41 Å². The van der Waals surface area contributed by atoms with E-state index in [2.05, 4.69) is 48.0 Å². The third kappa shape index (κ3) is 14.4. The molecule has 1 fully saturated rings. The number of aromatic nitrogens is 4. The fourth-order valence-corrected chi connectivity index (χ4v) is 8.60. The van der Waals surface area contributed by atoms with Crippen molar-refractivity contribution in [2.45, 2.75) is 78.0 Å². The van der Waals surface area contributed by atoms with Crippen LogP contribution in [-0.2, 0) is 51.3 Å². The van der Waals surface area contributed by atoms with E-state index in [9.17, 15) is 19.2 Å². The highest BCUT2D eigenvalue weighted by Gasteiger charge is 2.37. The SMILES string of the molecule is CC(NCCCCC(NC(=O)OCC1c2ccccc2-c2ccccc21)C(=O)NCCOCCOCCOCCOCc1ccc(COc2nc(N)nc3[nH]cnc23)cc1)=C1C(=O)CC(C)(C)CC1=O. The standard InChI is InChI=1S/C52H64N8O10/c1-34(45-43(61)28-52(2,3)29-44(45)62)54-19-9-8-14-42(58-51(64)70-32-41-39-12-6-4-10-37(39)38-11-5-7-13-40(38)41)48(63)55-20-21-65-22-23-66-24-25-67-26-27-68-30-35-15-17-36(18-16-35)31-69-49-46-47(57-33-56-46)59-50(53)60-49/h4-7,10-13,15-18,33,41-42,54H,8-9,14,19-32H2,1-3H3,(H,55,63)(H,58,64)(H3,53,56,57,59,60). The predicted molar refractivity (Wildman–Crippen MR) is 262 cm³/mol. The Kier molecular flexibility index (Phi) is 18.4. The number of fused-ring (bicyclic) bond motifs is 4. The van der Waals surface area contributed by atoms with Crippen LogP contribution < -0.4 is 26.4 Å². The second kappa shape index (κ2) is 25.2. The summed E-state index contributed by atoms with van der Waals surface area (Å²) in [6, 6.07) is 23.2. The van der Waals surface area contributed by atoms with E-state index >= 15 is 0 Å². The van der Waals surface area contributed by atoms with Crippen molar-refractivity contribution in [3.05, 3.63) is 113 Å². The molecule has 0 saturated heterocycles. The van der Waals surface area contributed by atoms with Gasteiger partial charge in [-0.1, -0.05) is 86.6 Å². The van der Waals surface area contributed by atoms with Gasteiger partial charge in [0, 0.05) is 37.5 Å². The third-order valence-corrected chi connectivity index (χ3v) is 12.1. The Morgan fingerprint density at radius 1 is 0.757 bits per heavy atom. The van der Waals surface area contributed by atoms with Crippen LogP contribution in [0.1, 0.15) is 81.0 Å². The molecular weight excluding hydrogens is 897 g/mol. The minimum atomic E-state index is -0.863. The first-order valence-electron chi connectivity index (χ1n) is 23.8. The lowest BCUT2D eigenvalue weighted by Gasteiger charge is -2.29. The molecule has 2 amide bonds. The number of anilines is 1. The maximum Gasteiger partial charge on any atom is 0.407 e. The summed E-state index contributed by atoms with van der Waals surface area (Å²) in [4.78, 5) is 67.6. The topological polar surface area (TPSA) is 240 Å². The molecule has 0 spiro atoms. The van der Waals surface area contributed by atoms with Crippen LogP contribution in [0.4, 0.5) is 10.7 Å². The molecule has 6 N–H and O–H groups in total. The number of amides is 2. The van der Waals surface area contributed by atoms with E-state index in [4.69, 9.17) is 34.2 Å². The number of allylic oxidation sites excluding steroid dienone is 2. The number of nitrogens with two attached hydrogens (primary N) is 1. The fourth-order valence-electron chi connectivity index (χ4n) is 8.60. The zero-order valence-corrected chi connectivity index (χ0v) is 40.2. The summed E-state index contributed by atoms with van der Waals surface area (Å²) in [5.74, 6) is -0.332. The minimum Gasteiger partial charge on any atom is -0.471 e. The molecule has 2 aliphatic carbocycles. The molecule has 7 rings (SSSR count). The molecule has 1 unspecified atom stereocenters. The molecule has 0 bridgehead atoms. The molecule has 1 atom stereocenters. The third-order valence-electron chi connectivity index (χ3n) is 12.1. The van der Waals surface area contributed by atoms with Crippen LogP contribution in [0.2, 0.25) is 0 Å². The van der Waals surface area contributed by atoms with Crippen LogP contribution >= 0.6 is 0 Å². The monoisotopic (exact) mass is 960 g/mol. The van der Waals surface area contributed by atoms with Gasteiger partial charge in [-0.3, -0.25) is 14.4 Å². The predicted octanol–water partition coefficient (Wildman–Crippen LogP) is 6.10. The average Bonchev–Trinajstić information content (AvgIpc) is 3.94. The van der Waals surface area contributed by atoms with Gasteiger partial charge >= 0.3 is 6.09 Å². The molecule has 2 aliphatic rings. The van der Waals surface area contributed by atoms with E-state index in [1.54, 1.807) is 6.92 Å². The number of nitrogen functional groups attached to an aromatic ring is 1. The number of ketones is 2. The summed E-state index contributed by atoms with van der Waals surface area (Å²) in [6.45, 7) is 9.75. The van der Waals surface area contributed by atoms with Gasteiger partial charge in [-0.15, -0.1) is 0 Å². The van der Waals surface area contributed by atoms with Crippen LogP contribution in [0.5, 0.6) is 5.88 Å². The number of benzene rings is 3. The van der Waals surface area contributed by atoms with Gasteiger partial charge in [-0.2, -0.15) is 9.97 Å². The molecule has 0 radical (unpaired) electrons. The summed E-state index contributed by atoms with van der Waals surface area (Å²) in [5.41, 5.74) is 13.7. The van der Waals surface area contributed by atoms with Gasteiger partial charge in [0.15, 0.2) is 22.7 Å². The number of ether oxygens (including phenoxy) is 6. The lowest BCUT2D eigenvalue weighted by Crippen LogP contribution is -2.47. The van der Waals surface area contributed by atoms with Crippen molar-refractivity contribution in [1.82, 2.24) is 35.9 Å². The second-order valence-corrected chi connectivity index (χ2v) is 18.1. The number of alkyl carbamates (subject to hydrolysis) is 1. The van der Waals surface area contributed by atoms with Crippen LogP contribution in [0.15, 0.2) is 90.4 Å². The second-order valence-electron chi connectivity index (χ2n) is 18.1. The molecule has 2 heterocycles. The molecule has 0 aliphatic heterocycles. The largest absolute Gasteiger partial charge is 0.471 e. The molecule has 2 aromatic heterocycles. The zero-order chi connectivity index (χ0) is 49.3. The van der Waals surface area contributed by atoms with Crippen LogP contribution in [0.3, 0.4) is 0 Å². The van der Waals surface area contributed by atoms with E-state index in [1.807, 2.05) is 74.5 Å². The number of hydrogen-bond acceptors (Lipinski definition) is 15. The molecule has 70 heavy (non-hydrogen) atoms. The van der Waals surface area contributed by atoms with Gasteiger partial charge in [0.05, 0.1) is 64.8 Å². The Labute approximate surface area is 407 Å². The molecule has 18 heteroatoms. The first-order chi connectivity index (χ1) is 34.0. The Balaban J connectivity index is 0.756. The maximum atomic E-state index is 13.5. The van der Waals surface area contributed by atoms with E-state index in [1.165, 1.54) is 6.33 Å². The number of aromatic amines is 1. The molecule has 5 aromatic rings. The number of hydrogen-bond donors (Lipinski definition) is 5. The van der Waals surface area contributed by atoms with Crippen molar-refractivity contribution in [3.8, 4) is 17.0 Å². The quantitative estimate of drug-likeness (QED) is 0.0227. The number of imidazole rings is 1. The number of rotatable bonds is 27. The summed E-state index contributed by atoms with van der Waals surface area (Å²) in [5, 5.41) is 8.89. The summed E-state index contributed by atoms with van der Waals surface area (Å²) >= 11 is 0. The normalized spacial score (nSPS) is 14.5. The van der Waals surface area contributed by atoms with Crippen LogP contribution in [0.25, 0.3) is 22.3 Å². The van der Waals surface area contributed by atoms with E-state index in [0.29, 0.717) is 114 Å². The van der Waals surface area contributed by atoms with Gasteiger partial charge in [0.1, 0.15) is 19.3 Å². The maximum absolute atomic E-state index is 13.5. The first kappa shape index (κ1) is 51.1. The molecule has 1 saturated carbocycles. The Morgan fingerprint density at radius 2 is 1.36 bits per heavy atom. The van der Waals surface area contributed by atoms with Crippen LogP contribution in [-0.4, -0.2) is 115 Å². The fraction of sp³-hybridized carbons (Fsp3) is 0.442. The average molecular weight is 961 g/mol. The molecule has 372 valence electrons. The van der Waals surface area contributed by atoms with Crippen LogP contribution in [0, 0.1) is 5.41 Å². The number of carbonyl (C=O) groups excluding carboxylic acids is 4. The number of unbranched alkanes of at least 4 members (excludes halogenated alkanes) is 1. The molecule has 18 nitrogen and oxygen atoms in total. The number of Topliss-reactive ketones (excluding diaryl/α,β-unsaturated/α-hetero) is 2. The van der Waals surface area contributed by atoms with Gasteiger partial charge < -0.3 is 55.1 Å². The van der Waals surface area contributed by atoms with Gasteiger partial charge in [-0.05, 0) is 65.0 Å². The van der Waals surface area contributed by atoms with Crippen molar-refractivity contribution in [3.63, 3.8) is 0 Å². The van der Waals surface area contributed by atoms with Gasteiger partial charge in [-0.25, -0.2) is 9.78 Å². The first-order valence-corrected chi connectivity index (χ1v) is 23.8. The highest BCUT2D eigenvalue weighted by molar-refractivity contribution is 6.22. The van der Waals surface area contributed by atoms with Gasteiger partial charge in [0.25, 0.3) is 0 Å². The molecular formula is C52H64N8O10. The van der Waals surface area contributed by atoms with E-state index in [-0.39, 0.29) is 60.1 Å². The highest BCUT2D eigenvalue weighted by atomic mass is 16.6. The smallest absolute Gasteiger partial charge is 0.407 e. The Hall–Kier alpha value is -6.73.